The average molecular weight is 487 g/mol. The van der Waals surface area contributed by atoms with E-state index in [-0.39, 0.29) is 10.8 Å². The summed E-state index contributed by atoms with van der Waals surface area (Å²) in [7, 11) is -2.11. The fraction of sp³-hybridized carbons (Fsp3) is 0.600. The summed E-state index contributed by atoms with van der Waals surface area (Å²) in [5.74, 6) is 1.44. The molecule has 3 nitrogen and oxygen atoms in total. The van der Waals surface area contributed by atoms with Gasteiger partial charge in [-0.2, -0.15) is 0 Å². The summed E-state index contributed by atoms with van der Waals surface area (Å²) in [6.45, 7) is 17.7. The van der Waals surface area contributed by atoms with E-state index in [4.69, 9.17) is 9.05 Å². The Labute approximate surface area is 210 Å². The lowest BCUT2D eigenvalue weighted by molar-refractivity contribution is 0.361. The molecule has 0 spiro atoms. The normalized spacial score (nSPS) is 12.3. The van der Waals surface area contributed by atoms with Crippen LogP contribution in [-0.4, -0.2) is 4.89 Å². The minimum absolute atomic E-state index is 0.0387. The van der Waals surface area contributed by atoms with E-state index in [2.05, 4.69) is 67.5 Å². The first-order chi connectivity index (χ1) is 16.0. The highest BCUT2D eigenvalue weighted by molar-refractivity contribution is 7.41. The quantitative estimate of drug-likeness (QED) is 0.213. The number of unbranched alkanes of at least 4 members (excludes halogenated alkanes) is 4. The first-order valence-electron chi connectivity index (χ1n) is 13.1. The summed E-state index contributed by atoms with van der Waals surface area (Å²) in [6, 6.07) is 12.4. The molecule has 2 aromatic carbocycles. The van der Waals surface area contributed by atoms with Gasteiger partial charge in [-0.25, -0.2) is 0 Å². The van der Waals surface area contributed by atoms with E-state index < -0.39 is 8.60 Å². The van der Waals surface area contributed by atoms with Crippen molar-refractivity contribution < 1.29 is 13.9 Å². The molecule has 0 radical (unpaired) electrons. The van der Waals surface area contributed by atoms with Crippen molar-refractivity contribution in [1.82, 2.24) is 0 Å². The van der Waals surface area contributed by atoms with Gasteiger partial charge >= 0.3 is 8.60 Å². The zero-order valence-corrected chi connectivity index (χ0v) is 23.7. The number of aryl methyl sites for hydroxylation is 2. The molecule has 0 aromatic heterocycles. The third-order valence-electron chi connectivity index (χ3n) is 6.89. The summed E-state index contributed by atoms with van der Waals surface area (Å²) >= 11 is 0. The van der Waals surface area contributed by atoms with Gasteiger partial charge in [-0.05, 0) is 49.7 Å². The zero-order chi connectivity index (χ0) is 25.4. The maximum absolute atomic E-state index is 10.9. The maximum atomic E-state index is 10.9. The molecule has 0 aliphatic carbocycles. The summed E-state index contributed by atoms with van der Waals surface area (Å²) in [5.41, 5.74) is 4.59. The van der Waals surface area contributed by atoms with Crippen LogP contribution in [0.1, 0.15) is 115 Å². The smallest absolute Gasteiger partial charge is 0.418 e. The van der Waals surface area contributed by atoms with Gasteiger partial charge in [-0.3, -0.25) is 0 Å². The van der Waals surface area contributed by atoms with E-state index in [1.807, 2.05) is 24.3 Å². The predicted molar refractivity (Wildman–Crippen MR) is 147 cm³/mol. The molecule has 2 rings (SSSR count). The van der Waals surface area contributed by atoms with Crippen molar-refractivity contribution in [2.75, 3.05) is 0 Å². The molecule has 0 fully saturated rings. The molecular weight excluding hydrogens is 439 g/mol. The molecule has 0 atom stereocenters. The van der Waals surface area contributed by atoms with Crippen molar-refractivity contribution in [2.45, 2.75) is 118 Å². The standard InChI is InChI=1S/C30H47O3P/c1-9-11-13-19-29(5,6)25-21-23(3)15-17-27(25)32-34(31)33-28-18-16-24(4)22-26(28)30(7,8)20-14-12-10-2/h15-18,21-22,31H,9-14,19-20H2,1-8H3. The number of hydrogen-bond donors (Lipinski definition) is 1. The van der Waals surface area contributed by atoms with Crippen LogP contribution in [-0.2, 0) is 10.8 Å². The highest BCUT2D eigenvalue weighted by atomic mass is 31.2. The first-order valence-corrected chi connectivity index (χ1v) is 14.2. The van der Waals surface area contributed by atoms with Crippen molar-refractivity contribution >= 4 is 8.60 Å². The van der Waals surface area contributed by atoms with Crippen LogP contribution in [0.25, 0.3) is 0 Å². The van der Waals surface area contributed by atoms with Crippen molar-refractivity contribution in [1.29, 1.82) is 0 Å². The summed E-state index contributed by atoms with van der Waals surface area (Å²) in [4.78, 5) is 10.9. The Kier molecular flexibility index (Phi) is 10.9. The molecule has 34 heavy (non-hydrogen) atoms. The molecule has 0 saturated heterocycles. The van der Waals surface area contributed by atoms with E-state index >= 15 is 0 Å². The van der Waals surface area contributed by atoms with Gasteiger partial charge in [-0.15, -0.1) is 0 Å². The fourth-order valence-corrected chi connectivity index (χ4v) is 5.29. The monoisotopic (exact) mass is 486 g/mol. The molecule has 0 unspecified atom stereocenters. The van der Waals surface area contributed by atoms with Gasteiger partial charge in [0.05, 0.1) is 0 Å². The van der Waals surface area contributed by atoms with E-state index in [0.29, 0.717) is 0 Å². The Balaban J connectivity index is 2.25. The Morgan fingerprint density at radius 2 is 1.06 bits per heavy atom. The first kappa shape index (κ1) is 28.7. The minimum atomic E-state index is -2.11. The third kappa shape index (κ3) is 8.28. The fourth-order valence-electron chi connectivity index (χ4n) is 4.59. The summed E-state index contributed by atoms with van der Waals surface area (Å²) < 4.78 is 12.2. The summed E-state index contributed by atoms with van der Waals surface area (Å²) in [5, 5.41) is 0. The van der Waals surface area contributed by atoms with Crippen LogP contribution >= 0.6 is 8.60 Å². The lowest BCUT2D eigenvalue weighted by atomic mass is 9.79. The Morgan fingerprint density at radius 3 is 1.41 bits per heavy atom. The van der Waals surface area contributed by atoms with Crippen molar-refractivity contribution in [3.8, 4) is 11.5 Å². The van der Waals surface area contributed by atoms with Crippen LogP contribution in [0.2, 0.25) is 0 Å². The topological polar surface area (TPSA) is 38.7 Å². The Morgan fingerprint density at radius 1 is 0.676 bits per heavy atom. The molecule has 0 saturated carbocycles. The van der Waals surface area contributed by atoms with Gasteiger partial charge in [0.1, 0.15) is 11.5 Å². The third-order valence-corrected chi connectivity index (χ3v) is 7.60. The van der Waals surface area contributed by atoms with Crippen molar-refractivity contribution in [2.24, 2.45) is 0 Å². The van der Waals surface area contributed by atoms with Gasteiger partial charge in [0, 0.05) is 11.1 Å². The second-order valence-electron chi connectivity index (χ2n) is 11.1. The zero-order valence-electron chi connectivity index (χ0n) is 22.8. The van der Waals surface area contributed by atoms with Gasteiger partial charge in [0.15, 0.2) is 0 Å². The van der Waals surface area contributed by atoms with Crippen LogP contribution in [0.4, 0.5) is 0 Å². The number of benzene rings is 2. The summed E-state index contributed by atoms with van der Waals surface area (Å²) in [6.07, 6.45) is 9.39. The van der Waals surface area contributed by atoms with Crippen LogP contribution in [0, 0.1) is 13.8 Å². The van der Waals surface area contributed by atoms with E-state index in [9.17, 15) is 4.89 Å². The molecule has 4 heteroatoms. The molecule has 1 N–H and O–H groups in total. The molecule has 190 valence electrons. The number of hydrogen-bond acceptors (Lipinski definition) is 3. The van der Waals surface area contributed by atoms with Gasteiger partial charge in [-0.1, -0.05) is 115 Å². The van der Waals surface area contributed by atoms with Gasteiger partial charge < -0.3 is 13.9 Å². The molecule has 0 amide bonds. The van der Waals surface area contributed by atoms with E-state index in [1.165, 1.54) is 49.7 Å². The molecule has 0 bridgehead atoms. The minimum Gasteiger partial charge on any atom is -0.418 e. The van der Waals surface area contributed by atoms with Gasteiger partial charge in [0.25, 0.3) is 0 Å². The molecule has 0 aliphatic rings. The molecule has 0 heterocycles. The van der Waals surface area contributed by atoms with Crippen LogP contribution in [0.5, 0.6) is 11.5 Å². The lowest BCUT2D eigenvalue weighted by Gasteiger charge is -2.30. The second-order valence-corrected chi connectivity index (χ2v) is 11.9. The Hall–Kier alpha value is -1.57. The van der Waals surface area contributed by atoms with Crippen molar-refractivity contribution in [3.63, 3.8) is 0 Å². The second kappa shape index (κ2) is 12.9. The highest BCUT2D eigenvalue weighted by Crippen LogP contribution is 2.45. The van der Waals surface area contributed by atoms with Crippen LogP contribution < -0.4 is 9.05 Å². The van der Waals surface area contributed by atoms with Gasteiger partial charge in [0.2, 0.25) is 0 Å². The number of rotatable bonds is 14. The van der Waals surface area contributed by atoms with Crippen LogP contribution in [0.15, 0.2) is 36.4 Å². The highest BCUT2D eigenvalue weighted by Gasteiger charge is 2.29. The van der Waals surface area contributed by atoms with E-state index in [0.717, 1.165) is 35.5 Å². The SMILES string of the molecule is CCCCCC(C)(C)c1cc(C)ccc1OP(O)Oc1ccc(C)cc1C(C)(C)CCCCC. The van der Waals surface area contributed by atoms with Crippen molar-refractivity contribution in [3.05, 3.63) is 58.7 Å². The maximum Gasteiger partial charge on any atom is 0.460 e. The molecular formula is C30H47O3P. The van der Waals surface area contributed by atoms with Crippen LogP contribution in [0.3, 0.4) is 0 Å². The average Bonchev–Trinajstić information content (AvgIpc) is 2.76. The molecule has 2 aromatic rings. The Bertz CT molecular complexity index is 830. The largest absolute Gasteiger partial charge is 0.460 e. The molecule has 0 aliphatic heterocycles. The van der Waals surface area contributed by atoms with E-state index in [1.54, 1.807) is 0 Å². The predicted octanol–water partition coefficient (Wildman–Crippen LogP) is 9.70. The lowest BCUT2D eigenvalue weighted by Crippen LogP contribution is -2.19.